The number of ether oxygens (including phenoxy) is 2. The van der Waals surface area contributed by atoms with Gasteiger partial charge in [0, 0.05) is 25.9 Å². The van der Waals surface area contributed by atoms with Gasteiger partial charge < -0.3 is 30.5 Å². The number of carbonyl (C=O) groups is 2. The van der Waals surface area contributed by atoms with Crippen molar-refractivity contribution in [2.75, 3.05) is 26.8 Å². The minimum atomic E-state index is -0.873. The Kier molecular flexibility index (Phi) is 9.71. The maximum Gasteiger partial charge on any atom is 0.270 e. The number of carbonyl (C=O) groups excluding carboxylic acids is 2. The number of hydrogen-bond acceptors (Lipinski definition) is 6. The molecule has 0 saturated heterocycles. The predicted molar refractivity (Wildman–Crippen MR) is 123 cm³/mol. The molecule has 0 radical (unpaired) electrons. The summed E-state index contributed by atoms with van der Waals surface area (Å²) in [6.45, 7) is 6.18. The van der Waals surface area contributed by atoms with E-state index >= 15 is 0 Å². The fraction of sp³-hybridized carbons (Fsp3) is 0.696. The van der Waals surface area contributed by atoms with Crippen LogP contribution in [0.5, 0.6) is 0 Å². The maximum absolute atomic E-state index is 13.1. The molecule has 0 spiro atoms. The third-order valence-corrected chi connectivity index (χ3v) is 5.49. The molecule has 2 amide bonds. The molecule has 0 aromatic heterocycles. The van der Waals surface area contributed by atoms with Crippen LogP contribution in [-0.4, -0.2) is 72.2 Å². The molecule has 1 aliphatic heterocycles. The number of methoxy groups -OCH3 is 1. The fourth-order valence-electron chi connectivity index (χ4n) is 3.99. The SMILES string of the molecule is COCC(C)OC1=CC(=O)N(C(CC2CCCC2)C(=O)N=C(N)C=CNCC(C)(C)O)C1. The first-order chi connectivity index (χ1) is 15.1. The number of amidine groups is 1. The summed E-state index contributed by atoms with van der Waals surface area (Å²) in [6.07, 6.45) is 9.21. The van der Waals surface area contributed by atoms with Crippen molar-refractivity contribution >= 4 is 17.6 Å². The van der Waals surface area contributed by atoms with E-state index in [-0.39, 0.29) is 24.4 Å². The predicted octanol–water partition coefficient (Wildman–Crippen LogP) is 1.47. The van der Waals surface area contributed by atoms with Crippen molar-refractivity contribution in [3.8, 4) is 0 Å². The number of hydrogen-bond donors (Lipinski definition) is 3. The molecule has 9 heteroatoms. The first-order valence-electron chi connectivity index (χ1n) is 11.3. The van der Waals surface area contributed by atoms with Gasteiger partial charge in [0.25, 0.3) is 11.8 Å². The van der Waals surface area contributed by atoms with Gasteiger partial charge in [-0.2, -0.15) is 4.99 Å². The highest BCUT2D eigenvalue weighted by atomic mass is 16.5. The molecule has 2 unspecified atom stereocenters. The summed E-state index contributed by atoms with van der Waals surface area (Å²) < 4.78 is 10.9. The molecular weight excluding hydrogens is 412 g/mol. The summed E-state index contributed by atoms with van der Waals surface area (Å²) >= 11 is 0. The molecule has 2 aliphatic rings. The summed E-state index contributed by atoms with van der Waals surface area (Å²) in [6, 6.07) is -0.683. The first kappa shape index (κ1) is 25.9. The van der Waals surface area contributed by atoms with Gasteiger partial charge in [-0.25, -0.2) is 0 Å². The summed E-state index contributed by atoms with van der Waals surface area (Å²) in [7, 11) is 1.59. The Labute approximate surface area is 190 Å². The molecule has 1 fully saturated rings. The number of nitrogens with one attached hydrogen (secondary N) is 1. The second kappa shape index (κ2) is 12.0. The van der Waals surface area contributed by atoms with Crippen molar-refractivity contribution in [3.05, 3.63) is 24.1 Å². The summed E-state index contributed by atoms with van der Waals surface area (Å²) in [5, 5.41) is 12.6. The van der Waals surface area contributed by atoms with Crippen LogP contribution in [0.2, 0.25) is 0 Å². The highest BCUT2D eigenvalue weighted by molar-refractivity contribution is 6.03. The number of aliphatic imine (C=N–C) groups is 1. The Balaban J connectivity index is 2.07. The first-order valence-corrected chi connectivity index (χ1v) is 11.3. The van der Waals surface area contributed by atoms with E-state index in [2.05, 4.69) is 10.3 Å². The maximum atomic E-state index is 13.1. The van der Waals surface area contributed by atoms with E-state index in [1.165, 1.54) is 17.1 Å². The molecule has 2 rings (SSSR count). The van der Waals surface area contributed by atoms with E-state index in [0.29, 0.717) is 31.2 Å². The summed E-state index contributed by atoms with van der Waals surface area (Å²) in [5.74, 6) is 0.261. The number of aliphatic hydroxyl groups is 1. The largest absolute Gasteiger partial charge is 0.491 e. The lowest BCUT2D eigenvalue weighted by molar-refractivity contribution is -0.134. The molecule has 1 heterocycles. The lowest BCUT2D eigenvalue weighted by Crippen LogP contribution is -2.43. The zero-order valence-corrected chi connectivity index (χ0v) is 19.7. The molecule has 4 N–H and O–H groups in total. The normalized spacial score (nSPS) is 20.0. The standard InChI is InChI=1S/C23H38N4O5/c1-16(14-31-4)32-18-12-21(28)27(13-18)19(11-17-7-5-6-8-17)22(29)26-20(24)9-10-25-15-23(2,3)30/h9-10,12,16-17,19,25,30H,5-8,11,13-15H2,1-4H3,(H2,24,26,29). The van der Waals surface area contributed by atoms with Gasteiger partial charge in [0.1, 0.15) is 23.7 Å². The average Bonchev–Trinajstić information content (AvgIpc) is 3.32. The van der Waals surface area contributed by atoms with Gasteiger partial charge in [0.15, 0.2) is 0 Å². The van der Waals surface area contributed by atoms with Crippen molar-refractivity contribution < 1.29 is 24.2 Å². The average molecular weight is 451 g/mol. The van der Waals surface area contributed by atoms with Gasteiger partial charge in [-0.1, -0.05) is 25.7 Å². The van der Waals surface area contributed by atoms with Gasteiger partial charge in [0.2, 0.25) is 0 Å². The van der Waals surface area contributed by atoms with Crippen molar-refractivity contribution in [2.45, 2.75) is 70.6 Å². The monoisotopic (exact) mass is 450 g/mol. The highest BCUT2D eigenvalue weighted by Gasteiger charge is 2.36. The number of nitrogens with two attached hydrogens (primary N) is 1. The van der Waals surface area contributed by atoms with Gasteiger partial charge in [-0.3, -0.25) is 9.59 Å². The van der Waals surface area contributed by atoms with Crippen LogP contribution in [-0.2, 0) is 19.1 Å². The van der Waals surface area contributed by atoms with Crippen molar-refractivity contribution in [1.29, 1.82) is 0 Å². The third kappa shape index (κ3) is 8.63. The van der Waals surface area contributed by atoms with E-state index in [9.17, 15) is 14.7 Å². The smallest absolute Gasteiger partial charge is 0.270 e. The van der Waals surface area contributed by atoms with Crippen LogP contribution < -0.4 is 11.1 Å². The lowest BCUT2D eigenvalue weighted by atomic mass is 9.97. The van der Waals surface area contributed by atoms with Crippen LogP contribution in [0, 0.1) is 5.92 Å². The Hall–Kier alpha value is -2.39. The number of nitrogens with zero attached hydrogens (tertiary/aromatic N) is 2. The Bertz CT molecular complexity index is 735. The zero-order chi connectivity index (χ0) is 23.7. The molecular formula is C23H38N4O5. The van der Waals surface area contributed by atoms with E-state index < -0.39 is 17.6 Å². The molecule has 32 heavy (non-hydrogen) atoms. The molecule has 1 saturated carbocycles. The topological polar surface area (TPSA) is 126 Å². The summed E-state index contributed by atoms with van der Waals surface area (Å²) in [5.41, 5.74) is 5.04. The van der Waals surface area contributed by atoms with Gasteiger partial charge in [-0.15, -0.1) is 0 Å². The van der Waals surface area contributed by atoms with Gasteiger partial charge >= 0.3 is 0 Å². The van der Waals surface area contributed by atoms with Crippen molar-refractivity contribution in [3.63, 3.8) is 0 Å². The molecule has 0 bridgehead atoms. The van der Waals surface area contributed by atoms with E-state index in [1.54, 1.807) is 27.2 Å². The van der Waals surface area contributed by atoms with Crippen molar-refractivity contribution in [1.82, 2.24) is 10.2 Å². The second-order valence-electron chi connectivity index (χ2n) is 9.26. The van der Waals surface area contributed by atoms with Gasteiger partial charge in [0.05, 0.1) is 18.8 Å². The van der Waals surface area contributed by atoms with Gasteiger partial charge in [-0.05, 0) is 39.2 Å². The zero-order valence-electron chi connectivity index (χ0n) is 19.7. The van der Waals surface area contributed by atoms with E-state index in [4.69, 9.17) is 15.2 Å². The Morgan fingerprint density at radius 3 is 2.75 bits per heavy atom. The molecule has 2 atom stereocenters. The molecule has 1 aliphatic carbocycles. The second-order valence-corrected chi connectivity index (χ2v) is 9.26. The van der Waals surface area contributed by atoms with Crippen molar-refractivity contribution in [2.24, 2.45) is 16.6 Å². The fourth-order valence-corrected chi connectivity index (χ4v) is 3.99. The van der Waals surface area contributed by atoms with Crippen LogP contribution >= 0.6 is 0 Å². The number of amides is 2. The van der Waals surface area contributed by atoms with E-state index in [0.717, 1.165) is 25.7 Å². The van der Waals surface area contributed by atoms with Crippen LogP contribution in [0.4, 0.5) is 0 Å². The highest BCUT2D eigenvalue weighted by Crippen LogP contribution is 2.31. The van der Waals surface area contributed by atoms with Crippen LogP contribution in [0.25, 0.3) is 0 Å². The van der Waals surface area contributed by atoms with Crippen LogP contribution in [0.3, 0.4) is 0 Å². The molecule has 0 aromatic carbocycles. The minimum Gasteiger partial charge on any atom is -0.491 e. The van der Waals surface area contributed by atoms with E-state index in [1.807, 2.05) is 6.92 Å². The summed E-state index contributed by atoms with van der Waals surface area (Å²) in [4.78, 5) is 31.3. The Morgan fingerprint density at radius 2 is 2.12 bits per heavy atom. The molecule has 180 valence electrons. The van der Waals surface area contributed by atoms with Crippen LogP contribution in [0.1, 0.15) is 52.9 Å². The molecule has 0 aromatic rings. The number of rotatable bonds is 12. The Morgan fingerprint density at radius 1 is 1.44 bits per heavy atom. The third-order valence-electron chi connectivity index (χ3n) is 5.49. The molecule has 9 nitrogen and oxygen atoms in total. The quantitative estimate of drug-likeness (QED) is 0.304. The van der Waals surface area contributed by atoms with Crippen LogP contribution in [0.15, 0.2) is 29.1 Å². The minimum absolute atomic E-state index is 0.0412. The lowest BCUT2D eigenvalue weighted by Gasteiger charge is -2.28.